The number of halogens is 2. The Morgan fingerprint density at radius 2 is 2.00 bits per heavy atom. The number of rotatable bonds is 5. The number of ether oxygens (including phenoxy) is 1. The van der Waals surface area contributed by atoms with Gasteiger partial charge in [-0.05, 0) is 25.1 Å². The molecule has 4 heterocycles. The Morgan fingerprint density at radius 1 is 1.18 bits per heavy atom. The maximum atomic E-state index is 11.3. The Labute approximate surface area is 207 Å². The number of nitrogens with zero attached hydrogens (tertiary/aromatic N) is 7. The van der Waals surface area contributed by atoms with E-state index < -0.39 is 37.1 Å². The van der Waals surface area contributed by atoms with E-state index in [0.717, 1.165) is 5.69 Å². The van der Waals surface area contributed by atoms with Gasteiger partial charge in [-0.2, -0.15) is 0 Å². The van der Waals surface area contributed by atoms with E-state index in [1.54, 1.807) is 24.4 Å². The summed E-state index contributed by atoms with van der Waals surface area (Å²) in [5.41, 5.74) is 1.82. The first-order chi connectivity index (χ1) is 16.4. The maximum absolute atomic E-state index is 11.3. The molecule has 1 saturated heterocycles. The Balaban J connectivity index is 1.53. The highest BCUT2D eigenvalue weighted by Gasteiger charge is 2.48. The zero-order valence-corrected chi connectivity index (χ0v) is 19.9. The molecule has 3 N–H and O–H groups in total. The zero-order valence-electron chi connectivity index (χ0n) is 17.6. The molecule has 1 aromatic carbocycles. The van der Waals surface area contributed by atoms with Crippen molar-refractivity contribution in [3.05, 3.63) is 57.7 Å². The van der Waals surface area contributed by atoms with Crippen LogP contribution in [0.4, 0.5) is 0 Å². The van der Waals surface area contributed by atoms with Gasteiger partial charge in [0, 0.05) is 16.1 Å². The zero-order chi connectivity index (χ0) is 24.0. The minimum absolute atomic E-state index is 0.211. The van der Waals surface area contributed by atoms with Crippen molar-refractivity contribution in [1.82, 2.24) is 34.7 Å². The number of hydrogen-bond donors (Lipinski definition) is 3. The molecule has 5 rings (SSSR count). The van der Waals surface area contributed by atoms with Gasteiger partial charge in [0.15, 0.2) is 5.82 Å². The summed E-state index contributed by atoms with van der Waals surface area (Å²) in [4.78, 5) is 4.39. The molecule has 178 valence electrons. The molecule has 1 aliphatic rings. The average Bonchev–Trinajstić information content (AvgIpc) is 3.57. The van der Waals surface area contributed by atoms with Crippen molar-refractivity contribution in [2.24, 2.45) is 0 Å². The third-order valence-electron chi connectivity index (χ3n) is 5.54. The molecule has 0 spiro atoms. The van der Waals surface area contributed by atoms with Crippen LogP contribution < -0.4 is 0 Å². The third-order valence-corrected chi connectivity index (χ3v) is 7.08. The number of thiazole rings is 1. The monoisotopic (exact) mass is 523 g/mol. The van der Waals surface area contributed by atoms with Crippen LogP contribution in [0.3, 0.4) is 0 Å². The smallest absolute Gasteiger partial charge is 0.169 e. The van der Waals surface area contributed by atoms with E-state index in [-0.39, 0.29) is 5.82 Å². The van der Waals surface area contributed by atoms with Gasteiger partial charge in [0.25, 0.3) is 0 Å². The fraction of sp³-hybridized carbons (Fsp3) is 0.350. The predicted octanol–water partition coefficient (Wildman–Crippen LogP) is 1.99. The van der Waals surface area contributed by atoms with Crippen molar-refractivity contribution in [2.75, 3.05) is 6.61 Å². The van der Waals surface area contributed by atoms with E-state index >= 15 is 0 Å². The largest absolute Gasteiger partial charge is 0.394 e. The van der Waals surface area contributed by atoms with Crippen LogP contribution in [0.15, 0.2) is 36.1 Å². The Bertz CT molecular complexity index is 1310. The van der Waals surface area contributed by atoms with Crippen LogP contribution in [0.5, 0.6) is 0 Å². The molecule has 0 aliphatic carbocycles. The minimum Gasteiger partial charge on any atom is -0.394 e. The molecule has 0 bridgehead atoms. The number of aliphatic hydroxyl groups is 3. The van der Waals surface area contributed by atoms with Gasteiger partial charge in [0.1, 0.15) is 47.5 Å². The summed E-state index contributed by atoms with van der Waals surface area (Å²) < 4.78 is 8.75. The normalized spacial score (nSPS) is 25.1. The molecule has 3 aromatic heterocycles. The first-order valence-corrected chi connectivity index (χ1v) is 11.8. The lowest BCUT2D eigenvalue weighted by Gasteiger charge is -2.41. The molecule has 0 amide bonds. The van der Waals surface area contributed by atoms with Gasteiger partial charge in [-0.1, -0.05) is 28.4 Å². The molecule has 4 aromatic rings. The highest BCUT2D eigenvalue weighted by Crippen LogP contribution is 2.39. The summed E-state index contributed by atoms with van der Waals surface area (Å²) in [7, 11) is 0. The van der Waals surface area contributed by atoms with E-state index in [4.69, 9.17) is 27.9 Å². The van der Waals surface area contributed by atoms with Gasteiger partial charge in [0.2, 0.25) is 0 Å². The first kappa shape index (κ1) is 23.3. The van der Waals surface area contributed by atoms with Gasteiger partial charge in [-0.15, -0.1) is 26.6 Å². The molecule has 14 heteroatoms. The number of aromatic nitrogens is 7. The quantitative estimate of drug-likeness (QED) is 0.357. The van der Waals surface area contributed by atoms with Gasteiger partial charge in [0.05, 0.1) is 23.5 Å². The van der Waals surface area contributed by atoms with Crippen LogP contribution in [0.25, 0.3) is 16.4 Å². The summed E-state index contributed by atoms with van der Waals surface area (Å²) in [5.74, 6) is 0.211. The maximum Gasteiger partial charge on any atom is 0.169 e. The topological polar surface area (TPSA) is 144 Å². The molecule has 0 radical (unpaired) electrons. The van der Waals surface area contributed by atoms with E-state index in [0.29, 0.717) is 26.4 Å². The molecular formula is C20H19Cl2N7O4S. The van der Waals surface area contributed by atoms with Crippen LogP contribution in [-0.4, -0.2) is 75.0 Å². The standard InChI is InChI=1S/C20H19Cl2N7O4S/c1-9-7-34-20(24-9)12-5-29(27-25-12)15-16(31)14(6-30)33-18(17(15)32)19-26-23-8-28(19)13-4-10(21)2-3-11(13)22/h2-5,7-8,14-18,30-32H,6H2,1H3/t14-,15+,16+,17-,18-/m0/s1. The first-order valence-electron chi connectivity index (χ1n) is 10.2. The summed E-state index contributed by atoms with van der Waals surface area (Å²) in [5, 5.41) is 51.8. The van der Waals surface area contributed by atoms with Crippen molar-refractivity contribution in [3.8, 4) is 16.4 Å². The molecular weight excluding hydrogens is 505 g/mol. The van der Waals surface area contributed by atoms with Crippen LogP contribution in [0.2, 0.25) is 10.0 Å². The number of benzene rings is 1. The van der Waals surface area contributed by atoms with Crippen molar-refractivity contribution in [1.29, 1.82) is 0 Å². The number of aryl methyl sites for hydroxylation is 1. The molecule has 5 atom stereocenters. The van der Waals surface area contributed by atoms with Crippen molar-refractivity contribution >= 4 is 34.5 Å². The Kier molecular flexibility index (Phi) is 6.37. The van der Waals surface area contributed by atoms with E-state index in [2.05, 4.69) is 25.5 Å². The van der Waals surface area contributed by atoms with Crippen molar-refractivity contribution < 1.29 is 20.1 Å². The molecule has 0 saturated carbocycles. The molecule has 1 aliphatic heterocycles. The number of aliphatic hydroxyl groups excluding tert-OH is 3. The average molecular weight is 524 g/mol. The fourth-order valence-electron chi connectivity index (χ4n) is 3.91. The minimum atomic E-state index is -1.33. The second-order valence-corrected chi connectivity index (χ2v) is 9.48. The lowest BCUT2D eigenvalue weighted by atomic mass is 9.92. The van der Waals surface area contributed by atoms with Gasteiger partial charge in [-0.3, -0.25) is 4.57 Å². The van der Waals surface area contributed by atoms with E-state index in [1.165, 1.54) is 26.9 Å². The second kappa shape index (κ2) is 9.30. The second-order valence-electron chi connectivity index (χ2n) is 7.78. The molecule has 34 heavy (non-hydrogen) atoms. The van der Waals surface area contributed by atoms with Gasteiger partial charge < -0.3 is 20.1 Å². The van der Waals surface area contributed by atoms with Crippen LogP contribution in [0.1, 0.15) is 23.7 Å². The highest BCUT2D eigenvalue weighted by molar-refractivity contribution is 7.13. The summed E-state index contributed by atoms with van der Waals surface area (Å²) in [6.07, 6.45) is -1.73. The third kappa shape index (κ3) is 4.11. The number of hydrogen-bond acceptors (Lipinski definition) is 10. The lowest BCUT2D eigenvalue weighted by molar-refractivity contribution is -0.210. The van der Waals surface area contributed by atoms with E-state index in [9.17, 15) is 15.3 Å². The SMILES string of the molecule is Cc1csc(-c2cn([C@@H]3[C@H](O)[C@H](CO)O[C@H](c4nncn4-c4cc(Cl)ccc4Cl)[C@H]3O)nn2)n1. The molecule has 11 nitrogen and oxygen atoms in total. The predicted molar refractivity (Wildman–Crippen MR) is 123 cm³/mol. The van der Waals surface area contributed by atoms with Crippen molar-refractivity contribution in [3.63, 3.8) is 0 Å². The Hall–Kier alpha value is -2.45. The summed E-state index contributed by atoms with van der Waals surface area (Å²) in [6, 6.07) is 3.89. The van der Waals surface area contributed by atoms with Crippen LogP contribution in [-0.2, 0) is 4.74 Å². The Morgan fingerprint density at radius 3 is 2.74 bits per heavy atom. The van der Waals surface area contributed by atoms with Gasteiger partial charge in [-0.25, -0.2) is 9.67 Å². The lowest BCUT2D eigenvalue weighted by Crippen LogP contribution is -2.53. The molecule has 0 unspecified atom stereocenters. The summed E-state index contributed by atoms with van der Waals surface area (Å²) >= 11 is 13.9. The van der Waals surface area contributed by atoms with Gasteiger partial charge >= 0.3 is 0 Å². The van der Waals surface area contributed by atoms with Crippen LogP contribution >= 0.6 is 34.5 Å². The van der Waals surface area contributed by atoms with Crippen LogP contribution in [0, 0.1) is 6.92 Å². The summed E-state index contributed by atoms with van der Waals surface area (Å²) in [6.45, 7) is 1.37. The highest BCUT2D eigenvalue weighted by atomic mass is 35.5. The van der Waals surface area contributed by atoms with E-state index in [1.807, 2.05) is 12.3 Å². The van der Waals surface area contributed by atoms with Crippen molar-refractivity contribution in [2.45, 2.75) is 37.4 Å². The molecule has 1 fully saturated rings. The fourth-order valence-corrected chi connectivity index (χ4v) is 5.03.